The van der Waals surface area contributed by atoms with Gasteiger partial charge in [0.2, 0.25) is 0 Å². The predicted molar refractivity (Wildman–Crippen MR) is 57.7 cm³/mol. The molecule has 2 bridgehead atoms. The smallest absolute Gasteiger partial charge is 0.272 e. The SMILES string of the molecule is O=S(=O)(O)[C@@H]1C[C@H]2[C@@H](c3ccccc31)N1ON2O1. The molecule has 8 heteroatoms. The summed E-state index contributed by atoms with van der Waals surface area (Å²) in [4.78, 5) is 10.4. The highest BCUT2D eigenvalue weighted by molar-refractivity contribution is 7.86. The maximum atomic E-state index is 11.5. The zero-order valence-electron chi connectivity index (χ0n) is 9.13. The van der Waals surface area contributed by atoms with Crippen molar-refractivity contribution in [2.24, 2.45) is 0 Å². The van der Waals surface area contributed by atoms with E-state index in [4.69, 9.17) is 9.88 Å². The van der Waals surface area contributed by atoms with E-state index in [1.54, 1.807) is 12.1 Å². The number of nitrogens with zero attached hydrogens (tertiary/aromatic N) is 2. The Balaban J connectivity index is 1.90. The molecule has 0 saturated carbocycles. The normalized spacial score (nSPS) is 40.8. The molecule has 7 nitrogen and oxygen atoms in total. The molecule has 3 fully saturated rings. The van der Waals surface area contributed by atoms with Crippen LogP contribution in [0.1, 0.15) is 28.8 Å². The summed E-state index contributed by atoms with van der Waals surface area (Å²) in [6.45, 7) is 0. The third kappa shape index (κ3) is 1.27. The van der Waals surface area contributed by atoms with Crippen LogP contribution in [0.5, 0.6) is 0 Å². The quantitative estimate of drug-likeness (QED) is 0.754. The van der Waals surface area contributed by atoms with Gasteiger partial charge in [0, 0.05) is 0 Å². The first-order valence-electron chi connectivity index (χ1n) is 5.55. The lowest BCUT2D eigenvalue weighted by molar-refractivity contribution is -0.677. The van der Waals surface area contributed by atoms with E-state index in [0.29, 0.717) is 5.56 Å². The number of hydrogen-bond acceptors (Lipinski definition) is 6. The highest BCUT2D eigenvalue weighted by Gasteiger charge is 2.59. The molecule has 1 aromatic rings. The number of fused-ring (bicyclic) bond motifs is 1. The van der Waals surface area contributed by atoms with Crippen molar-refractivity contribution < 1.29 is 22.8 Å². The fourth-order valence-electron chi connectivity index (χ4n) is 2.88. The second kappa shape index (κ2) is 3.29. The Morgan fingerprint density at radius 1 is 1.17 bits per heavy atom. The third-order valence-corrected chi connectivity index (χ3v) is 4.83. The molecule has 96 valence electrons. The first-order valence-corrected chi connectivity index (χ1v) is 7.06. The number of rotatable bonds is 1. The molecule has 1 aliphatic carbocycles. The average Bonchev–Trinajstić information content (AvgIpc) is 2.79. The molecule has 3 heterocycles. The lowest BCUT2D eigenvalue weighted by Crippen LogP contribution is -2.40. The highest BCUT2D eigenvalue weighted by Crippen LogP contribution is 2.52. The molecule has 3 atom stereocenters. The van der Waals surface area contributed by atoms with Crippen molar-refractivity contribution in [2.75, 3.05) is 0 Å². The van der Waals surface area contributed by atoms with Gasteiger partial charge in [0.1, 0.15) is 11.3 Å². The van der Waals surface area contributed by atoms with E-state index in [9.17, 15) is 13.0 Å². The van der Waals surface area contributed by atoms with Crippen LogP contribution in [-0.4, -0.2) is 29.5 Å². The minimum atomic E-state index is -4.14. The van der Waals surface area contributed by atoms with E-state index < -0.39 is 15.4 Å². The van der Waals surface area contributed by atoms with Gasteiger partial charge in [-0.15, -0.1) is 0 Å². The van der Waals surface area contributed by atoms with Crippen LogP contribution in [0, 0.1) is 0 Å². The van der Waals surface area contributed by atoms with Crippen molar-refractivity contribution >= 4 is 10.1 Å². The summed E-state index contributed by atoms with van der Waals surface area (Å²) in [5.41, 5.74) is 1.43. The van der Waals surface area contributed by atoms with Gasteiger partial charge in [-0.25, -0.2) is 0 Å². The zero-order valence-corrected chi connectivity index (χ0v) is 9.95. The summed E-state index contributed by atoms with van der Waals surface area (Å²) in [6.07, 6.45) is 0.247. The molecular weight excluding hydrogens is 260 g/mol. The second-order valence-corrected chi connectivity index (χ2v) is 6.21. The van der Waals surface area contributed by atoms with Crippen LogP contribution in [0.2, 0.25) is 0 Å². The molecule has 0 amide bonds. The van der Waals surface area contributed by atoms with Crippen molar-refractivity contribution in [2.45, 2.75) is 23.8 Å². The lowest BCUT2D eigenvalue weighted by atomic mass is 9.85. The maximum absolute atomic E-state index is 11.5. The van der Waals surface area contributed by atoms with Gasteiger partial charge in [-0.3, -0.25) is 4.55 Å². The minimum absolute atomic E-state index is 0.140. The average molecular weight is 270 g/mol. The van der Waals surface area contributed by atoms with Gasteiger partial charge < -0.3 is 0 Å². The van der Waals surface area contributed by atoms with Crippen molar-refractivity contribution in [1.29, 1.82) is 0 Å². The van der Waals surface area contributed by atoms with Gasteiger partial charge in [0.25, 0.3) is 10.1 Å². The van der Waals surface area contributed by atoms with Crippen molar-refractivity contribution in [3.8, 4) is 0 Å². The van der Waals surface area contributed by atoms with Crippen LogP contribution in [0.15, 0.2) is 24.3 Å². The molecule has 0 radical (unpaired) electrons. The summed E-state index contributed by atoms with van der Waals surface area (Å²) in [5, 5.41) is 1.70. The fraction of sp³-hybridized carbons (Fsp3) is 0.400. The zero-order chi connectivity index (χ0) is 12.5. The molecule has 3 saturated heterocycles. The Bertz CT molecular complexity index is 612. The first kappa shape index (κ1) is 10.9. The molecule has 1 N–H and O–H groups in total. The second-order valence-electron chi connectivity index (χ2n) is 4.61. The van der Waals surface area contributed by atoms with Crippen molar-refractivity contribution in [1.82, 2.24) is 10.5 Å². The van der Waals surface area contributed by atoms with Crippen LogP contribution < -0.4 is 0 Å². The summed E-state index contributed by atoms with van der Waals surface area (Å²) >= 11 is 0. The Morgan fingerprint density at radius 3 is 2.50 bits per heavy atom. The number of benzene rings is 1. The molecule has 3 aliphatic heterocycles. The third-order valence-electron chi connectivity index (χ3n) is 3.66. The topological polar surface area (TPSA) is 79.3 Å². The monoisotopic (exact) mass is 270 g/mol. The van der Waals surface area contributed by atoms with E-state index in [1.807, 2.05) is 12.1 Å². The van der Waals surface area contributed by atoms with Gasteiger partial charge in [-0.1, -0.05) is 24.3 Å². The van der Waals surface area contributed by atoms with Crippen molar-refractivity contribution in [3.05, 3.63) is 35.4 Å². The summed E-state index contributed by atoms with van der Waals surface area (Å²) in [7, 11) is -4.14. The molecule has 18 heavy (non-hydrogen) atoms. The minimum Gasteiger partial charge on any atom is -0.285 e. The maximum Gasteiger partial charge on any atom is 0.272 e. The van der Waals surface area contributed by atoms with Crippen LogP contribution in [0.3, 0.4) is 0 Å². The molecule has 0 aromatic heterocycles. The Hall–Kier alpha value is -1.03. The summed E-state index contributed by atoms with van der Waals surface area (Å²) in [6, 6.07) is 6.78. The van der Waals surface area contributed by atoms with E-state index in [0.717, 1.165) is 5.56 Å². The molecule has 0 unspecified atom stereocenters. The predicted octanol–water partition coefficient (Wildman–Crippen LogP) is 0.753. The first-order chi connectivity index (χ1) is 8.55. The van der Waals surface area contributed by atoms with Gasteiger partial charge in [-0.05, 0) is 28.0 Å². The van der Waals surface area contributed by atoms with Crippen LogP contribution in [0.25, 0.3) is 0 Å². The van der Waals surface area contributed by atoms with Crippen LogP contribution in [-0.2, 0) is 20.0 Å². The fourth-order valence-corrected chi connectivity index (χ4v) is 3.86. The van der Waals surface area contributed by atoms with Crippen LogP contribution >= 0.6 is 0 Å². The van der Waals surface area contributed by atoms with Gasteiger partial charge in [-0.2, -0.15) is 18.3 Å². The number of hydrogen-bond donors (Lipinski definition) is 1. The largest absolute Gasteiger partial charge is 0.285 e. The summed E-state index contributed by atoms with van der Waals surface area (Å²) in [5.74, 6) is 0. The van der Waals surface area contributed by atoms with E-state index in [-0.39, 0.29) is 18.5 Å². The standard InChI is InChI=1S/C10H10N2O5S/c13-18(14,15)9-5-8-10(12-16-11(8)17-12)7-4-2-1-3-6(7)9/h1-4,8-10H,5H2,(H,13,14,15)/t8-,9+,10+/m0/s1. The molecule has 5 rings (SSSR count). The Kier molecular flexibility index (Phi) is 1.99. The van der Waals surface area contributed by atoms with E-state index in [2.05, 4.69) is 0 Å². The molecule has 1 aromatic carbocycles. The van der Waals surface area contributed by atoms with Crippen molar-refractivity contribution in [3.63, 3.8) is 0 Å². The van der Waals surface area contributed by atoms with E-state index in [1.165, 1.54) is 10.5 Å². The lowest BCUT2D eigenvalue weighted by Gasteiger charge is -2.28. The Morgan fingerprint density at radius 2 is 1.83 bits per heavy atom. The van der Waals surface area contributed by atoms with E-state index >= 15 is 0 Å². The Labute approximate surface area is 103 Å². The highest BCUT2D eigenvalue weighted by atomic mass is 32.2. The van der Waals surface area contributed by atoms with Crippen LogP contribution in [0.4, 0.5) is 0 Å². The molecular formula is C10H10N2O5S. The molecule has 4 aliphatic rings. The van der Waals surface area contributed by atoms with Gasteiger partial charge in [0.05, 0.1) is 6.04 Å². The molecule has 0 spiro atoms. The summed E-state index contributed by atoms with van der Waals surface area (Å²) < 4.78 is 32.4. The van der Waals surface area contributed by atoms with Gasteiger partial charge in [0.15, 0.2) is 0 Å². The number of hydroxylamine groups is 4. The van der Waals surface area contributed by atoms with Gasteiger partial charge >= 0.3 is 0 Å².